The Kier molecular flexibility index (Phi) is 6.98. The summed E-state index contributed by atoms with van der Waals surface area (Å²) in [5.74, 6) is 0.627. The molecule has 0 radical (unpaired) electrons. The molecule has 32 heavy (non-hydrogen) atoms. The maximum Gasteiger partial charge on any atom is 0.255 e. The number of likely N-dealkylation sites (tertiary alicyclic amines) is 1. The number of nitrogens with one attached hydrogen (secondary N) is 1. The Labute approximate surface area is 196 Å². The smallest absolute Gasteiger partial charge is 0.255 e. The van der Waals surface area contributed by atoms with Gasteiger partial charge >= 0.3 is 0 Å². The second kappa shape index (κ2) is 10.1. The van der Waals surface area contributed by atoms with Crippen molar-refractivity contribution in [3.05, 3.63) is 94.0 Å². The summed E-state index contributed by atoms with van der Waals surface area (Å²) in [4.78, 5) is 27.4. The second-order valence-electron chi connectivity index (χ2n) is 7.58. The van der Waals surface area contributed by atoms with Crippen molar-refractivity contribution in [3.8, 4) is 11.5 Å². The third-order valence-electron chi connectivity index (χ3n) is 5.38. The van der Waals surface area contributed by atoms with Crippen LogP contribution in [0.25, 0.3) is 0 Å². The van der Waals surface area contributed by atoms with Gasteiger partial charge in [0.05, 0.1) is 10.6 Å². The van der Waals surface area contributed by atoms with Gasteiger partial charge in [0.15, 0.2) is 0 Å². The van der Waals surface area contributed by atoms with Crippen LogP contribution in [0.2, 0.25) is 10.0 Å². The molecule has 164 valence electrons. The molecule has 4 rings (SSSR count). The minimum Gasteiger partial charge on any atom is -0.455 e. The lowest BCUT2D eigenvalue weighted by molar-refractivity contribution is 0.0698. The van der Waals surface area contributed by atoms with Crippen molar-refractivity contribution in [2.75, 3.05) is 13.1 Å². The number of ether oxygens (including phenoxy) is 1. The number of rotatable bonds is 5. The summed E-state index contributed by atoms with van der Waals surface area (Å²) < 4.78 is 5.90. The summed E-state index contributed by atoms with van der Waals surface area (Å²) >= 11 is 12.2. The summed E-state index contributed by atoms with van der Waals surface area (Å²) in [7, 11) is 0. The van der Waals surface area contributed by atoms with Crippen molar-refractivity contribution in [3.63, 3.8) is 0 Å². The summed E-state index contributed by atoms with van der Waals surface area (Å²) in [5.41, 5.74) is 1.10. The van der Waals surface area contributed by atoms with Crippen molar-refractivity contribution in [1.82, 2.24) is 10.2 Å². The number of amides is 2. The van der Waals surface area contributed by atoms with Crippen LogP contribution in [0.1, 0.15) is 33.6 Å². The second-order valence-corrected chi connectivity index (χ2v) is 8.42. The van der Waals surface area contributed by atoms with E-state index in [-0.39, 0.29) is 17.9 Å². The molecule has 1 aliphatic rings. The molecule has 5 nitrogen and oxygen atoms in total. The normalized spacial score (nSPS) is 14.1. The zero-order valence-electron chi connectivity index (χ0n) is 17.3. The number of benzene rings is 3. The average molecular weight is 469 g/mol. The van der Waals surface area contributed by atoms with Gasteiger partial charge in [0.25, 0.3) is 11.8 Å². The first-order valence-corrected chi connectivity index (χ1v) is 11.1. The molecule has 3 aromatic rings. The lowest BCUT2D eigenvalue weighted by Crippen LogP contribution is -2.46. The molecule has 0 unspecified atom stereocenters. The van der Waals surface area contributed by atoms with Crippen LogP contribution in [0.3, 0.4) is 0 Å². The average Bonchev–Trinajstić information content (AvgIpc) is 2.82. The SMILES string of the molecule is O=C(NC1CCN(C(=O)c2ccccc2)CC1)c1ccccc1Oc1ccc(Cl)cc1Cl. The summed E-state index contributed by atoms with van der Waals surface area (Å²) in [6, 6.07) is 21.2. The standard InChI is InChI=1S/C25H22Cl2N2O3/c26-18-10-11-23(21(27)16-18)32-22-9-5-4-8-20(22)24(30)28-19-12-14-29(15-13-19)25(31)17-6-2-1-3-7-17/h1-11,16,19H,12-15H2,(H,28,30). The van der Waals surface area contributed by atoms with Crippen LogP contribution in [0.4, 0.5) is 0 Å². The molecule has 0 saturated carbocycles. The van der Waals surface area contributed by atoms with Crippen LogP contribution < -0.4 is 10.1 Å². The van der Waals surface area contributed by atoms with E-state index in [9.17, 15) is 9.59 Å². The van der Waals surface area contributed by atoms with Crippen molar-refractivity contribution in [2.24, 2.45) is 0 Å². The predicted molar refractivity (Wildman–Crippen MR) is 126 cm³/mol. The molecule has 1 aliphatic heterocycles. The van der Waals surface area contributed by atoms with Gasteiger partial charge in [-0.2, -0.15) is 0 Å². The molecule has 7 heteroatoms. The fourth-order valence-electron chi connectivity index (χ4n) is 3.67. The fraction of sp³-hybridized carbons (Fsp3) is 0.200. The van der Waals surface area contributed by atoms with Crippen LogP contribution in [0, 0.1) is 0 Å². The molecule has 0 aliphatic carbocycles. The highest BCUT2D eigenvalue weighted by Crippen LogP contribution is 2.33. The molecule has 1 saturated heterocycles. The van der Waals surface area contributed by atoms with Gasteiger partial charge in [0, 0.05) is 29.7 Å². The van der Waals surface area contributed by atoms with Crippen LogP contribution in [-0.4, -0.2) is 35.8 Å². The number of hydrogen-bond acceptors (Lipinski definition) is 3. The lowest BCUT2D eigenvalue weighted by atomic mass is 10.0. The van der Waals surface area contributed by atoms with E-state index in [1.54, 1.807) is 42.5 Å². The minimum absolute atomic E-state index is 0.0190. The van der Waals surface area contributed by atoms with Crippen LogP contribution in [-0.2, 0) is 0 Å². The van der Waals surface area contributed by atoms with Gasteiger partial charge in [-0.3, -0.25) is 9.59 Å². The first-order valence-electron chi connectivity index (χ1n) is 10.4. The van der Waals surface area contributed by atoms with E-state index in [1.807, 2.05) is 35.2 Å². The number of halogens is 2. The summed E-state index contributed by atoms with van der Waals surface area (Å²) in [6.45, 7) is 1.19. The van der Waals surface area contributed by atoms with Gasteiger partial charge in [0.2, 0.25) is 0 Å². The van der Waals surface area contributed by atoms with E-state index in [0.29, 0.717) is 58.6 Å². The Morgan fingerprint density at radius 2 is 1.56 bits per heavy atom. The molecule has 1 heterocycles. The van der Waals surface area contributed by atoms with E-state index in [2.05, 4.69) is 5.32 Å². The van der Waals surface area contributed by atoms with Gasteiger partial charge in [-0.15, -0.1) is 0 Å². The summed E-state index contributed by atoms with van der Waals surface area (Å²) in [5, 5.41) is 3.94. The highest BCUT2D eigenvalue weighted by Gasteiger charge is 2.25. The molecule has 0 bridgehead atoms. The third kappa shape index (κ3) is 5.23. The zero-order chi connectivity index (χ0) is 22.5. The van der Waals surface area contributed by atoms with Crippen molar-refractivity contribution < 1.29 is 14.3 Å². The lowest BCUT2D eigenvalue weighted by Gasteiger charge is -2.32. The maximum absolute atomic E-state index is 13.0. The monoisotopic (exact) mass is 468 g/mol. The van der Waals surface area contributed by atoms with Gasteiger partial charge in [-0.1, -0.05) is 53.5 Å². The molecule has 1 fully saturated rings. The number of piperidine rings is 1. The number of nitrogens with zero attached hydrogens (tertiary/aromatic N) is 1. The van der Waals surface area contributed by atoms with Crippen LogP contribution in [0.5, 0.6) is 11.5 Å². The quantitative estimate of drug-likeness (QED) is 0.512. The number of carbonyl (C=O) groups is 2. The molecule has 1 N–H and O–H groups in total. The van der Waals surface area contributed by atoms with Crippen LogP contribution >= 0.6 is 23.2 Å². The van der Waals surface area contributed by atoms with E-state index in [0.717, 1.165) is 0 Å². The number of para-hydroxylation sites is 1. The first-order chi connectivity index (χ1) is 15.5. The third-order valence-corrected chi connectivity index (χ3v) is 5.91. The fourth-order valence-corrected chi connectivity index (χ4v) is 4.12. The van der Waals surface area contributed by atoms with E-state index in [4.69, 9.17) is 27.9 Å². The summed E-state index contributed by atoms with van der Waals surface area (Å²) in [6.07, 6.45) is 1.38. The Morgan fingerprint density at radius 1 is 0.875 bits per heavy atom. The van der Waals surface area contributed by atoms with E-state index in [1.165, 1.54) is 0 Å². The van der Waals surface area contributed by atoms with Gasteiger partial charge in [-0.05, 0) is 55.3 Å². The maximum atomic E-state index is 13.0. The van der Waals surface area contributed by atoms with Crippen molar-refractivity contribution in [2.45, 2.75) is 18.9 Å². The molecule has 0 aromatic heterocycles. The molecule has 2 amide bonds. The molecule has 0 spiro atoms. The Balaban J connectivity index is 1.38. The number of carbonyl (C=O) groups excluding carboxylic acids is 2. The zero-order valence-corrected chi connectivity index (χ0v) is 18.8. The Morgan fingerprint density at radius 3 is 2.28 bits per heavy atom. The minimum atomic E-state index is -0.224. The van der Waals surface area contributed by atoms with E-state index < -0.39 is 0 Å². The Hall–Kier alpha value is -3.02. The van der Waals surface area contributed by atoms with Crippen molar-refractivity contribution in [1.29, 1.82) is 0 Å². The molecule has 3 aromatic carbocycles. The highest BCUT2D eigenvalue weighted by atomic mass is 35.5. The molecular formula is C25H22Cl2N2O3. The van der Waals surface area contributed by atoms with Gasteiger partial charge in [0.1, 0.15) is 11.5 Å². The predicted octanol–water partition coefficient (Wildman–Crippen LogP) is 5.82. The first kappa shape index (κ1) is 22.2. The Bertz CT molecular complexity index is 1110. The molecule has 0 atom stereocenters. The van der Waals surface area contributed by atoms with Gasteiger partial charge in [-0.25, -0.2) is 0 Å². The van der Waals surface area contributed by atoms with Gasteiger partial charge < -0.3 is 15.0 Å². The largest absolute Gasteiger partial charge is 0.455 e. The number of hydrogen-bond donors (Lipinski definition) is 1. The molecular weight excluding hydrogens is 447 g/mol. The van der Waals surface area contributed by atoms with E-state index >= 15 is 0 Å². The topological polar surface area (TPSA) is 58.6 Å². The highest BCUT2D eigenvalue weighted by molar-refractivity contribution is 6.35. The van der Waals surface area contributed by atoms with Crippen LogP contribution in [0.15, 0.2) is 72.8 Å². The van der Waals surface area contributed by atoms with Crippen molar-refractivity contribution >= 4 is 35.0 Å².